The van der Waals surface area contributed by atoms with Crippen molar-refractivity contribution in [2.75, 3.05) is 24.5 Å². The molecule has 2 N–H and O–H groups in total. The predicted octanol–water partition coefficient (Wildman–Crippen LogP) is 2.78. The first kappa shape index (κ1) is 16.2. The first-order chi connectivity index (χ1) is 9.97. The zero-order chi connectivity index (χ0) is 15.4. The molecule has 1 heterocycles. The molecule has 0 aromatic heterocycles. The van der Waals surface area contributed by atoms with Crippen molar-refractivity contribution in [2.45, 2.75) is 39.8 Å². The minimum atomic E-state index is -0.370. The molecular weight excluding hydrogens is 267 g/mol. The van der Waals surface area contributed by atoms with Gasteiger partial charge in [0.2, 0.25) is 0 Å². The molecule has 1 aliphatic rings. The van der Waals surface area contributed by atoms with Crippen LogP contribution in [-0.4, -0.2) is 30.8 Å². The number of piperidine rings is 1. The molecule has 0 bridgehead atoms. The van der Waals surface area contributed by atoms with Crippen LogP contribution in [0, 0.1) is 17.7 Å². The summed E-state index contributed by atoms with van der Waals surface area (Å²) >= 11 is 0. The molecule has 1 aromatic rings. The van der Waals surface area contributed by atoms with Crippen LogP contribution >= 0.6 is 0 Å². The van der Waals surface area contributed by atoms with Crippen LogP contribution in [0.25, 0.3) is 0 Å². The number of halogens is 1. The summed E-state index contributed by atoms with van der Waals surface area (Å²) in [5, 5.41) is 13.3. The Morgan fingerprint density at radius 1 is 1.43 bits per heavy atom. The molecule has 0 aliphatic carbocycles. The summed E-state index contributed by atoms with van der Waals surface area (Å²) in [6, 6.07) is 5.41. The van der Waals surface area contributed by atoms with E-state index in [1.54, 1.807) is 6.07 Å². The summed E-state index contributed by atoms with van der Waals surface area (Å²) in [5.74, 6) is 0.690. The lowest BCUT2D eigenvalue weighted by Crippen LogP contribution is -2.43. The molecule has 2 atom stereocenters. The molecule has 1 saturated heterocycles. The van der Waals surface area contributed by atoms with Crippen LogP contribution in [0.1, 0.15) is 32.8 Å². The maximum atomic E-state index is 14.3. The minimum Gasteiger partial charge on any atom is -0.391 e. The van der Waals surface area contributed by atoms with E-state index >= 15 is 0 Å². The Morgan fingerprint density at radius 3 is 2.81 bits per heavy atom. The van der Waals surface area contributed by atoms with Gasteiger partial charge in [-0.25, -0.2) is 4.39 Å². The van der Waals surface area contributed by atoms with Crippen molar-refractivity contribution in [2.24, 2.45) is 11.8 Å². The fourth-order valence-corrected chi connectivity index (χ4v) is 2.69. The normalized spacial score (nSPS) is 22.9. The van der Waals surface area contributed by atoms with Gasteiger partial charge in [-0.3, -0.25) is 0 Å². The summed E-state index contributed by atoms with van der Waals surface area (Å²) in [7, 11) is 0. The van der Waals surface area contributed by atoms with Gasteiger partial charge in [-0.15, -0.1) is 0 Å². The van der Waals surface area contributed by atoms with Gasteiger partial charge < -0.3 is 15.3 Å². The van der Waals surface area contributed by atoms with Gasteiger partial charge >= 0.3 is 0 Å². The Balaban J connectivity index is 1.99. The van der Waals surface area contributed by atoms with Crippen molar-refractivity contribution in [1.29, 1.82) is 0 Å². The molecule has 1 fully saturated rings. The van der Waals surface area contributed by atoms with Crippen molar-refractivity contribution >= 4 is 5.69 Å². The number of aliphatic hydroxyl groups is 1. The van der Waals surface area contributed by atoms with E-state index in [9.17, 15) is 9.50 Å². The molecule has 1 aliphatic heterocycles. The average molecular weight is 294 g/mol. The van der Waals surface area contributed by atoms with Gasteiger partial charge in [-0.2, -0.15) is 0 Å². The SMILES string of the molecule is CC(C)CNCc1ccc(N2CCC(C)C(O)C2)c(F)c1. The zero-order valence-electron chi connectivity index (χ0n) is 13.3. The molecule has 2 unspecified atom stereocenters. The van der Waals surface area contributed by atoms with Gasteiger partial charge in [0.25, 0.3) is 0 Å². The lowest BCUT2D eigenvalue weighted by Gasteiger charge is -2.36. The van der Waals surface area contributed by atoms with E-state index < -0.39 is 0 Å². The fourth-order valence-electron chi connectivity index (χ4n) is 2.69. The van der Waals surface area contributed by atoms with E-state index in [4.69, 9.17) is 0 Å². The lowest BCUT2D eigenvalue weighted by molar-refractivity contribution is 0.102. The van der Waals surface area contributed by atoms with Crippen molar-refractivity contribution in [3.05, 3.63) is 29.6 Å². The highest BCUT2D eigenvalue weighted by molar-refractivity contribution is 5.49. The number of hydrogen-bond donors (Lipinski definition) is 2. The molecule has 2 rings (SSSR count). The highest BCUT2D eigenvalue weighted by Crippen LogP contribution is 2.26. The van der Waals surface area contributed by atoms with Crippen molar-refractivity contribution in [1.82, 2.24) is 5.32 Å². The summed E-state index contributed by atoms with van der Waals surface area (Å²) < 4.78 is 14.3. The fraction of sp³-hybridized carbons (Fsp3) is 0.647. The third kappa shape index (κ3) is 4.42. The Morgan fingerprint density at radius 2 is 2.19 bits per heavy atom. The third-order valence-corrected chi connectivity index (χ3v) is 4.15. The monoisotopic (exact) mass is 294 g/mol. The highest BCUT2D eigenvalue weighted by atomic mass is 19.1. The van der Waals surface area contributed by atoms with Crippen LogP contribution in [0.5, 0.6) is 0 Å². The van der Waals surface area contributed by atoms with E-state index in [1.807, 2.05) is 24.0 Å². The predicted molar refractivity (Wildman–Crippen MR) is 84.9 cm³/mol. The van der Waals surface area contributed by atoms with Crippen LogP contribution in [0.3, 0.4) is 0 Å². The number of aliphatic hydroxyl groups excluding tert-OH is 1. The molecule has 0 amide bonds. The van der Waals surface area contributed by atoms with Crippen molar-refractivity contribution in [3.8, 4) is 0 Å². The maximum absolute atomic E-state index is 14.3. The number of hydrogen-bond acceptors (Lipinski definition) is 3. The molecule has 118 valence electrons. The Hall–Kier alpha value is -1.13. The molecular formula is C17H27FN2O. The van der Waals surface area contributed by atoms with Crippen LogP contribution in [0.15, 0.2) is 18.2 Å². The van der Waals surface area contributed by atoms with Crippen molar-refractivity contribution in [3.63, 3.8) is 0 Å². The van der Waals surface area contributed by atoms with Gasteiger partial charge in [0, 0.05) is 19.6 Å². The number of β-amino-alcohol motifs (C(OH)–C–C–N with tert-alkyl or cyclic N) is 1. The Kier molecular flexibility index (Phi) is 5.59. The number of rotatable bonds is 5. The molecule has 1 aromatic carbocycles. The summed E-state index contributed by atoms with van der Waals surface area (Å²) in [6.07, 6.45) is 0.531. The standard InChI is InChI=1S/C17H27FN2O/c1-12(2)9-19-10-14-4-5-16(15(18)8-14)20-7-6-13(3)17(21)11-20/h4-5,8,12-13,17,19,21H,6-7,9-11H2,1-3H3. The van der Waals surface area contributed by atoms with Gasteiger partial charge in [0.1, 0.15) is 5.82 Å². The largest absolute Gasteiger partial charge is 0.391 e. The quantitative estimate of drug-likeness (QED) is 0.876. The van der Waals surface area contributed by atoms with Crippen molar-refractivity contribution < 1.29 is 9.50 Å². The van der Waals surface area contributed by atoms with E-state index in [1.165, 1.54) is 0 Å². The van der Waals surface area contributed by atoms with Gasteiger partial charge in [-0.1, -0.05) is 26.8 Å². The molecule has 3 nitrogen and oxygen atoms in total. The first-order valence-electron chi connectivity index (χ1n) is 7.89. The second kappa shape index (κ2) is 7.23. The van der Waals surface area contributed by atoms with Crippen LogP contribution in [0.4, 0.5) is 10.1 Å². The van der Waals surface area contributed by atoms with Gasteiger partial charge in [0.15, 0.2) is 0 Å². The summed E-state index contributed by atoms with van der Waals surface area (Å²) in [4.78, 5) is 1.95. The Labute approximate surface area is 127 Å². The molecule has 0 spiro atoms. The van der Waals surface area contributed by atoms with E-state index in [0.717, 1.165) is 25.1 Å². The van der Waals surface area contributed by atoms with Crippen LogP contribution < -0.4 is 10.2 Å². The van der Waals surface area contributed by atoms with Gasteiger partial charge in [0.05, 0.1) is 11.8 Å². The number of nitrogens with one attached hydrogen (secondary N) is 1. The van der Waals surface area contributed by atoms with E-state index in [0.29, 0.717) is 30.6 Å². The zero-order valence-corrected chi connectivity index (χ0v) is 13.3. The first-order valence-corrected chi connectivity index (χ1v) is 7.89. The highest BCUT2D eigenvalue weighted by Gasteiger charge is 2.25. The third-order valence-electron chi connectivity index (χ3n) is 4.15. The minimum absolute atomic E-state index is 0.194. The smallest absolute Gasteiger partial charge is 0.146 e. The van der Waals surface area contributed by atoms with E-state index in [-0.39, 0.29) is 11.9 Å². The molecule has 0 saturated carbocycles. The molecule has 0 radical (unpaired) electrons. The average Bonchev–Trinajstić information content (AvgIpc) is 2.42. The number of anilines is 1. The summed E-state index contributed by atoms with van der Waals surface area (Å²) in [5.41, 5.74) is 1.57. The number of benzene rings is 1. The second-order valence-electron chi connectivity index (χ2n) is 6.59. The lowest BCUT2D eigenvalue weighted by atomic mass is 9.95. The maximum Gasteiger partial charge on any atom is 0.146 e. The molecule has 4 heteroatoms. The van der Waals surface area contributed by atoms with Crippen LogP contribution in [-0.2, 0) is 6.54 Å². The van der Waals surface area contributed by atoms with Gasteiger partial charge in [-0.05, 0) is 42.5 Å². The molecule has 21 heavy (non-hydrogen) atoms. The topological polar surface area (TPSA) is 35.5 Å². The second-order valence-corrected chi connectivity index (χ2v) is 6.59. The number of nitrogens with zero attached hydrogens (tertiary/aromatic N) is 1. The summed E-state index contributed by atoms with van der Waals surface area (Å²) in [6.45, 7) is 9.29. The Bertz CT molecular complexity index is 464. The van der Waals surface area contributed by atoms with E-state index in [2.05, 4.69) is 19.2 Å². The van der Waals surface area contributed by atoms with Crippen LogP contribution in [0.2, 0.25) is 0 Å².